The van der Waals surface area contributed by atoms with Gasteiger partial charge in [0.05, 0.1) is 17.8 Å². The molecule has 0 bridgehead atoms. The van der Waals surface area contributed by atoms with Crippen molar-refractivity contribution in [3.63, 3.8) is 0 Å². The second-order valence-corrected chi connectivity index (χ2v) is 4.98. The number of hydrogen-bond donors (Lipinski definition) is 1. The van der Waals surface area contributed by atoms with Gasteiger partial charge in [0.2, 0.25) is 0 Å². The van der Waals surface area contributed by atoms with E-state index < -0.39 is 11.4 Å². The Bertz CT molecular complexity index is 563. The Morgan fingerprint density at radius 3 is 2.78 bits per heavy atom. The van der Waals surface area contributed by atoms with Crippen LogP contribution in [0.4, 0.5) is 4.39 Å². The van der Waals surface area contributed by atoms with Gasteiger partial charge in [0.15, 0.2) is 0 Å². The molecule has 0 aliphatic carbocycles. The fraction of sp³-hybridized carbons (Fsp3) is 0.333. The molecular weight excluding hydrogens is 257 g/mol. The summed E-state index contributed by atoms with van der Waals surface area (Å²) < 4.78 is 15.1. The highest BCUT2D eigenvalue weighted by Gasteiger charge is 2.20. The summed E-state index contributed by atoms with van der Waals surface area (Å²) in [6.07, 6.45) is 1.58. The fourth-order valence-corrected chi connectivity index (χ4v) is 1.70. The van der Waals surface area contributed by atoms with Gasteiger partial charge in [-0.2, -0.15) is 0 Å². The van der Waals surface area contributed by atoms with Crippen molar-refractivity contribution in [1.29, 1.82) is 0 Å². The van der Waals surface area contributed by atoms with E-state index in [2.05, 4.69) is 10.3 Å². The van der Waals surface area contributed by atoms with Crippen LogP contribution >= 0.6 is 11.6 Å². The Labute approximate surface area is 109 Å². The Hall–Kier alpha value is -1.46. The van der Waals surface area contributed by atoms with E-state index in [0.717, 1.165) is 0 Å². The van der Waals surface area contributed by atoms with Crippen molar-refractivity contribution in [2.75, 3.05) is 0 Å². The van der Waals surface area contributed by atoms with Crippen LogP contribution in [0.1, 0.15) is 25.1 Å². The van der Waals surface area contributed by atoms with Gasteiger partial charge in [-0.25, -0.2) is 9.07 Å². The van der Waals surface area contributed by atoms with Gasteiger partial charge in [-0.15, -0.1) is 5.10 Å². The zero-order chi connectivity index (χ0) is 13.3. The number of rotatable bonds is 3. The normalized spacial score (nSPS) is 11.8. The van der Waals surface area contributed by atoms with Crippen LogP contribution in [0.15, 0.2) is 24.4 Å². The standard InChI is InChI=1S/C12H13ClFN3O/c1-12(2,18)10-7-17(16-15-10)6-8-4-3-5-9(13)11(8)14/h3-5,7,18H,6H2,1-2H3. The molecule has 0 atom stereocenters. The quantitative estimate of drug-likeness (QED) is 0.931. The molecule has 0 saturated heterocycles. The van der Waals surface area contributed by atoms with E-state index in [1.807, 2.05) is 0 Å². The largest absolute Gasteiger partial charge is 0.384 e. The van der Waals surface area contributed by atoms with E-state index in [-0.39, 0.29) is 11.6 Å². The molecule has 0 saturated carbocycles. The number of halogens is 2. The summed E-state index contributed by atoms with van der Waals surface area (Å²) in [5.74, 6) is -0.459. The second kappa shape index (κ2) is 4.66. The van der Waals surface area contributed by atoms with E-state index in [0.29, 0.717) is 11.3 Å². The van der Waals surface area contributed by atoms with Crippen LogP contribution in [0, 0.1) is 5.82 Å². The van der Waals surface area contributed by atoms with Crippen molar-refractivity contribution in [2.45, 2.75) is 26.0 Å². The first-order valence-electron chi connectivity index (χ1n) is 5.44. The number of hydrogen-bond acceptors (Lipinski definition) is 3. The highest BCUT2D eigenvalue weighted by molar-refractivity contribution is 6.30. The van der Waals surface area contributed by atoms with Crippen molar-refractivity contribution in [1.82, 2.24) is 15.0 Å². The van der Waals surface area contributed by atoms with Gasteiger partial charge >= 0.3 is 0 Å². The first kappa shape index (κ1) is 13.0. The summed E-state index contributed by atoms with van der Waals surface area (Å²) in [5, 5.41) is 17.5. The molecule has 0 fully saturated rings. The molecule has 0 amide bonds. The molecule has 0 radical (unpaired) electrons. The van der Waals surface area contributed by atoms with Gasteiger partial charge in [-0.05, 0) is 19.9 Å². The molecule has 1 aromatic heterocycles. The molecule has 1 aromatic carbocycles. The van der Waals surface area contributed by atoms with Crippen molar-refractivity contribution in [2.24, 2.45) is 0 Å². The molecule has 6 heteroatoms. The SMILES string of the molecule is CC(C)(O)c1cn(Cc2cccc(Cl)c2F)nn1. The van der Waals surface area contributed by atoms with Crippen LogP contribution in [0.2, 0.25) is 5.02 Å². The summed E-state index contributed by atoms with van der Waals surface area (Å²) in [5.41, 5.74) is -0.204. The average Bonchev–Trinajstić information content (AvgIpc) is 2.73. The summed E-state index contributed by atoms with van der Waals surface area (Å²) in [4.78, 5) is 0. The highest BCUT2D eigenvalue weighted by atomic mass is 35.5. The van der Waals surface area contributed by atoms with Crippen LogP contribution in [0.25, 0.3) is 0 Å². The minimum atomic E-state index is -1.06. The van der Waals surface area contributed by atoms with Crippen LogP contribution in [-0.2, 0) is 12.1 Å². The molecule has 2 rings (SSSR count). The zero-order valence-corrected chi connectivity index (χ0v) is 10.8. The lowest BCUT2D eigenvalue weighted by Crippen LogP contribution is -2.15. The Balaban J connectivity index is 2.24. The zero-order valence-electron chi connectivity index (χ0n) is 10.1. The molecule has 0 spiro atoms. The number of benzene rings is 1. The van der Waals surface area contributed by atoms with Crippen LogP contribution < -0.4 is 0 Å². The predicted molar refractivity (Wildman–Crippen MR) is 65.8 cm³/mol. The highest BCUT2D eigenvalue weighted by Crippen LogP contribution is 2.20. The molecule has 4 nitrogen and oxygen atoms in total. The summed E-state index contributed by atoms with van der Waals surface area (Å²) >= 11 is 5.70. The first-order chi connectivity index (χ1) is 8.38. The third-order valence-electron chi connectivity index (χ3n) is 2.53. The number of aromatic nitrogens is 3. The molecule has 2 aromatic rings. The molecule has 1 N–H and O–H groups in total. The van der Waals surface area contributed by atoms with Gasteiger partial charge in [-0.3, -0.25) is 0 Å². The second-order valence-electron chi connectivity index (χ2n) is 4.57. The Morgan fingerprint density at radius 2 is 2.17 bits per heavy atom. The third kappa shape index (κ3) is 2.68. The topological polar surface area (TPSA) is 50.9 Å². The summed E-state index contributed by atoms with van der Waals surface area (Å²) in [6, 6.07) is 4.80. The van der Waals surface area contributed by atoms with E-state index in [1.165, 1.54) is 10.7 Å². The predicted octanol–water partition coefficient (Wildman–Crippen LogP) is 2.35. The summed E-state index contributed by atoms with van der Waals surface area (Å²) in [6.45, 7) is 3.44. The van der Waals surface area contributed by atoms with Crippen LogP contribution in [-0.4, -0.2) is 20.1 Å². The molecule has 1 heterocycles. The first-order valence-corrected chi connectivity index (χ1v) is 5.81. The Morgan fingerprint density at radius 1 is 1.44 bits per heavy atom. The lowest BCUT2D eigenvalue weighted by Gasteiger charge is -2.11. The van der Waals surface area contributed by atoms with Crippen LogP contribution in [0.3, 0.4) is 0 Å². The van der Waals surface area contributed by atoms with Gasteiger partial charge in [0, 0.05) is 5.56 Å². The van der Waals surface area contributed by atoms with Gasteiger partial charge in [-0.1, -0.05) is 28.9 Å². The smallest absolute Gasteiger partial charge is 0.146 e. The molecule has 0 unspecified atom stereocenters. The lowest BCUT2D eigenvalue weighted by atomic mass is 10.1. The van der Waals surface area contributed by atoms with E-state index in [4.69, 9.17) is 11.6 Å². The molecular formula is C12H13ClFN3O. The third-order valence-corrected chi connectivity index (χ3v) is 2.82. The van der Waals surface area contributed by atoms with Gasteiger partial charge in [0.1, 0.15) is 17.1 Å². The molecule has 96 valence electrons. The lowest BCUT2D eigenvalue weighted by molar-refractivity contribution is 0.0737. The molecule has 18 heavy (non-hydrogen) atoms. The van der Waals surface area contributed by atoms with Crippen molar-refractivity contribution >= 4 is 11.6 Å². The van der Waals surface area contributed by atoms with Gasteiger partial charge < -0.3 is 5.11 Å². The van der Waals surface area contributed by atoms with Crippen molar-refractivity contribution in [3.8, 4) is 0 Å². The van der Waals surface area contributed by atoms with Crippen molar-refractivity contribution < 1.29 is 9.50 Å². The van der Waals surface area contributed by atoms with Crippen LogP contribution in [0.5, 0.6) is 0 Å². The average molecular weight is 270 g/mol. The maximum Gasteiger partial charge on any atom is 0.146 e. The molecule has 0 aliphatic rings. The van der Waals surface area contributed by atoms with Crippen molar-refractivity contribution in [3.05, 3.63) is 46.5 Å². The molecule has 0 aliphatic heterocycles. The Kier molecular flexibility index (Phi) is 3.36. The van der Waals surface area contributed by atoms with E-state index >= 15 is 0 Å². The minimum absolute atomic E-state index is 0.0790. The number of nitrogens with zero attached hydrogens (tertiary/aromatic N) is 3. The summed E-state index contributed by atoms with van der Waals surface area (Å²) in [7, 11) is 0. The maximum absolute atomic E-state index is 13.7. The number of aliphatic hydroxyl groups is 1. The monoisotopic (exact) mass is 269 g/mol. The van der Waals surface area contributed by atoms with Gasteiger partial charge in [0.25, 0.3) is 0 Å². The fourth-order valence-electron chi connectivity index (χ4n) is 1.50. The van der Waals surface area contributed by atoms with E-state index in [9.17, 15) is 9.50 Å². The maximum atomic E-state index is 13.7. The van der Waals surface area contributed by atoms with E-state index in [1.54, 1.807) is 32.2 Å². The minimum Gasteiger partial charge on any atom is -0.384 e.